The molecule has 0 saturated carbocycles. The van der Waals surface area contributed by atoms with Gasteiger partial charge in [-0.2, -0.15) is 4.57 Å². The van der Waals surface area contributed by atoms with Gasteiger partial charge in [0.1, 0.15) is 5.69 Å². The van der Waals surface area contributed by atoms with Gasteiger partial charge in [-0.15, -0.1) is 0 Å². The first kappa shape index (κ1) is 14.9. The molecule has 0 atom stereocenters. The first-order valence-electron chi connectivity index (χ1n) is 7.05. The molecule has 106 valence electrons. The van der Waals surface area contributed by atoms with Gasteiger partial charge in [0.15, 0.2) is 5.52 Å². The normalized spacial score (nSPS) is 10.4. The number of benzene rings is 2. The predicted molar refractivity (Wildman–Crippen MR) is 88.3 cm³/mol. The number of aromatic nitrogens is 3. The van der Waals surface area contributed by atoms with E-state index in [4.69, 9.17) is 0 Å². The quantitative estimate of drug-likeness (QED) is 0.532. The van der Waals surface area contributed by atoms with Gasteiger partial charge in [0, 0.05) is 6.20 Å². The maximum absolute atomic E-state index is 12.2. The van der Waals surface area contributed by atoms with Crippen LogP contribution in [-0.2, 0) is 0 Å². The van der Waals surface area contributed by atoms with Gasteiger partial charge >= 0.3 is 10.1 Å². The first-order valence-corrected chi connectivity index (χ1v) is 7.05. The zero-order valence-electron chi connectivity index (χ0n) is 12.4. The molecule has 4 rings (SSSR count). The van der Waals surface area contributed by atoms with E-state index in [9.17, 15) is 5.11 Å². The molecule has 0 aliphatic carbocycles. The molecule has 0 spiro atoms. The smallest absolute Gasteiger partial charge is 0.872 e. The number of para-hydroxylation sites is 2. The Morgan fingerprint density at radius 1 is 0.870 bits per heavy atom. The summed E-state index contributed by atoms with van der Waals surface area (Å²) < 4.78 is 1.98. The van der Waals surface area contributed by atoms with Crippen molar-refractivity contribution in [2.45, 2.75) is 0 Å². The van der Waals surface area contributed by atoms with Crippen molar-refractivity contribution < 1.29 is 10.1 Å². The summed E-state index contributed by atoms with van der Waals surface area (Å²) in [6, 6.07) is 20.7. The molecule has 4 aromatic rings. The molecule has 0 aliphatic heterocycles. The van der Waals surface area contributed by atoms with Crippen molar-refractivity contribution in [3.63, 3.8) is 0 Å². The summed E-state index contributed by atoms with van der Waals surface area (Å²) in [4.78, 5) is 7.78. The summed E-state index contributed by atoms with van der Waals surface area (Å²) in [7, 11) is 0. The number of nitrogens with one attached hydrogen (secondary N) is 1. The van der Waals surface area contributed by atoms with Crippen LogP contribution in [0.3, 0.4) is 0 Å². The van der Waals surface area contributed by atoms with Crippen molar-refractivity contribution in [1.29, 1.82) is 0 Å². The fourth-order valence-electron chi connectivity index (χ4n) is 2.64. The number of aromatic amines is 1. The van der Waals surface area contributed by atoms with Crippen LogP contribution in [0.5, 0.6) is 5.75 Å². The van der Waals surface area contributed by atoms with Crippen LogP contribution in [-0.4, -0.2) is 19.7 Å². The Kier molecular flexibility index (Phi) is 3.92. The third kappa shape index (κ3) is 2.49. The van der Waals surface area contributed by atoms with Crippen molar-refractivity contribution in [3.05, 3.63) is 72.9 Å². The van der Waals surface area contributed by atoms with Gasteiger partial charge < -0.3 is 5.11 Å². The molecule has 0 unspecified atom stereocenters. The number of hydrogen-bond donors (Lipinski definition) is 0. The molecule has 1 N–H and O–H groups in total. The molecule has 23 heavy (non-hydrogen) atoms. The minimum Gasteiger partial charge on any atom is -0.872 e. The number of hydrogen-bond acceptors (Lipinski definition) is 2. The van der Waals surface area contributed by atoms with E-state index >= 15 is 0 Å². The van der Waals surface area contributed by atoms with Gasteiger partial charge in [0.25, 0.3) is 11.5 Å². The molecule has 0 saturated heterocycles. The zero-order chi connectivity index (χ0) is 14.9. The second kappa shape index (κ2) is 6.03. The fraction of sp³-hybridized carbons (Fsp3) is 0. The Morgan fingerprint density at radius 2 is 1.61 bits per heavy atom. The number of rotatable bonds is 2. The van der Waals surface area contributed by atoms with Gasteiger partial charge in [-0.05, 0) is 30.3 Å². The van der Waals surface area contributed by atoms with Crippen molar-refractivity contribution in [2.75, 3.05) is 0 Å². The Hall–Kier alpha value is -2.97. The molecule has 2 aromatic heterocycles. The molecule has 5 heteroatoms. The first-order chi connectivity index (χ1) is 10.8. The van der Waals surface area contributed by atoms with E-state index in [0.29, 0.717) is 5.56 Å². The molecular formula is C18H13BeN3O+2. The number of nitrogens with zero attached hydrogens (tertiary/aromatic N) is 2. The van der Waals surface area contributed by atoms with E-state index in [1.165, 1.54) is 0 Å². The van der Waals surface area contributed by atoms with Crippen LogP contribution >= 0.6 is 0 Å². The van der Waals surface area contributed by atoms with Gasteiger partial charge in [-0.25, -0.2) is 9.97 Å². The summed E-state index contributed by atoms with van der Waals surface area (Å²) in [5.74, 6) is 0.726. The number of fused-ring (bicyclic) bond motifs is 1. The van der Waals surface area contributed by atoms with Crippen molar-refractivity contribution >= 4 is 21.3 Å². The standard InChI is InChI=1S/C18H13N3O.Be/c22-16-11-5-4-9-14(16)17-20-15-10-6-12-19-18(15)21(17)13-7-2-1-3-8-13;/h1-12,22H;/q;+2. The van der Waals surface area contributed by atoms with Crippen LogP contribution in [0.2, 0.25) is 0 Å². The number of H-pyrrole nitrogens is 1. The Labute approximate surface area is 137 Å². The summed E-state index contributed by atoms with van der Waals surface area (Å²) in [5, 5.41) is 12.2. The summed E-state index contributed by atoms with van der Waals surface area (Å²) >= 11 is 0. The summed E-state index contributed by atoms with van der Waals surface area (Å²) in [6.45, 7) is 0. The fourth-order valence-corrected chi connectivity index (χ4v) is 2.64. The summed E-state index contributed by atoms with van der Waals surface area (Å²) in [5.41, 5.74) is 3.28. The molecule has 0 fully saturated rings. The molecule has 0 radical (unpaired) electrons. The van der Waals surface area contributed by atoms with E-state index in [0.717, 1.165) is 22.7 Å². The predicted octanol–water partition coefficient (Wildman–Crippen LogP) is 2.20. The van der Waals surface area contributed by atoms with Crippen molar-refractivity contribution in [2.24, 2.45) is 0 Å². The second-order valence-electron chi connectivity index (χ2n) is 5.02. The van der Waals surface area contributed by atoms with E-state index < -0.39 is 0 Å². The third-order valence-electron chi connectivity index (χ3n) is 3.63. The van der Waals surface area contributed by atoms with Gasteiger partial charge in [0.05, 0.1) is 5.56 Å². The van der Waals surface area contributed by atoms with Gasteiger partial charge in [-0.3, -0.25) is 0 Å². The minimum atomic E-state index is -0.0151. The SMILES string of the molecule is [Be+2].[O-]c1ccccc1-c1[nH+]c2cccnc2n1-c1ccccc1. The monoisotopic (exact) mass is 296 g/mol. The Morgan fingerprint density at radius 3 is 2.39 bits per heavy atom. The van der Waals surface area contributed by atoms with Crippen molar-refractivity contribution in [3.8, 4) is 22.8 Å². The van der Waals surface area contributed by atoms with Crippen LogP contribution in [0.15, 0.2) is 72.9 Å². The molecule has 4 nitrogen and oxygen atoms in total. The van der Waals surface area contributed by atoms with Crippen LogP contribution in [0.25, 0.3) is 28.2 Å². The zero-order valence-corrected chi connectivity index (χ0v) is 12.4. The molecule has 2 heterocycles. The largest absolute Gasteiger partial charge is 2.00 e. The van der Waals surface area contributed by atoms with Crippen molar-refractivity contribution in [1.82, 2.24) is 9.55 Å². The minimum absolute atomic E-state index is 0. The Balaban J connectivity index is 0.00000156. The summed E-state index contributed by atoms with van der Waals surface area (Å²) in [6.07, 6.45) is 1.75. The van der Waals surface area contributed by atoms with Crippen LogP contribution in [0.1, 0.15) is 0 Å². The van der Waals surface area contributed by atoms with E-state index in [2.05, 4.69) is 9.97 Å². The third-order valence-corrected chi connectivity index (χ3v) is 3.63. The molecule has 0 bridgehead atoms. The van der Waals surface area contributed by atoms with E-state index in [1.807, 2.05) is 59.2 Å². The number of imidazole rings is 1. The average molecular weight is 296 g/mol. The van der Waals surface area contributed by atoms with Crippen LogP contribution in [0, 0.1) is 0 Å². The molecule has 2 aromatic carbocycles. The maximum Gasteiger partial charge on any atom is 2.00 e. The molecular weight excluding hydrogens is 283 g/mol. The van der Waals surface area contributed by atoms with E-state index in [1.54, 1.807) is 18.3 Å². The average Bonchev–Trinajstić information content (AvgIpc) is 2.95. The van der Waals surface area contributed by atoms with Gasteiger partial charge in [0.2, 0.25) is 0 Å². The molecule has 0 aliphatic rings. The van der Waals surface area contributed by atoms with Crippen LogP contribution in [0.4, 0.5) is 0 Å². The topological polar surface area (TPSA) is 55.0 Å². The van der Waals surface area contributed by atoms with Gasteiger partial charge in [-0.1, -0.05) is 42.1 Å². The second-order valence-corrected chi connectivity index (χ2v) is 5.02. The van der Waals surface area contributed by atoms with Crippen LogP contribution < -0.4 is 10.1 Å². The Bertz CT molecular complexity index is 951. The van der Waals surface area contributed by atoms with E-state index in [-0.39, 0.29) is 15.9 Å². The molecule has 0 amide bonds. The maximum atomic E-state index is 12.2. The number of pyridine rings is 1.